The maximum absolute atomic E-state index is 3.48. The Bertz CT molecular complexity index is 181. The summed E-state index contributed by atoms with van der Waals surface area (Å²) >= 11 is 0. The van der Waals surface area contributed by atoms with Gasteiger partial charge in [-0.1, -0.05) is 33.6 Å². The highest BCUT2D eigenvalue weighted by molar-refractivity contribution is 4.58. The van der Waals surface area contributed by atoms with Crippen LogP contribution < -0.4 is 5.32 Å². The van der Waals surface area contributed by atoms with E-state index in [9.17, 15) is 0 Å². The maximum atomic E-state index is 3.48. The molecular weight excluding hydrogens is 234 g/mol. The van der Waals surface area contributed by atoms with Gasteiger partial charge in [0.05, 0.1) is 0 Å². The summed E-state index contributed by atoms with van der Waals surface area (Å²) in [4.78, 5) is 4.87. The van der Waals surface area contributed by atoms with Crippen molar-refractivity contribution in [1.82, 2.24) is 15.1 Å². The Morgan fingerprint density at radius 3 is 2.05 bits per heavy atom. The Labute approximate surface area is 121 Å². The lowest BCUT2D eigenvalue weighted by molar-refractivity contribution is 0.260. The van der Waals surface area contributed by atoms with Crippen molar-refractivity contribution in [3.8, 4) is 0 Å². The first-order valence-electron chi connectivity index (χ1n) is 8.16. The molecule has 19 heavy (non-hydrogen) atoms. The average molecular weight is 271 g/mol. The first kappa shape index (κ1) is 18.9. The van der Waals surface area contributed by atoms with Crippen molar-refractivity contribution in [2.45, 2.75) is 58.9 Å². The fourth-order valence-electron chi connectivity index (χ4n) is 2.24. The van der Waals surface area contributed by atoms with E-state index in [1.54, 1.807) is 0 Å². The highest BCUT2D eigenvalue weighted by atomic mass is 15.1. The Kier molecular flexibility index (Phi) is 12.8. The summed E-state index contributed by atoms with van der Waals surface area (Å²) in [7, 11) is 4.31. The summed E-state index contributed by atoms with van der Waals surface area (Å²) in [6.45, 7) is 12.8. The molecule has 0 spiro atoms. The van der Waals surface area contributed by atoms with Gasteiger partial charge in [-0.25, -0.2) is 0 Å². The van der Waals surface area contributed by atoms with E-state index in [0.29, 0.717) is 6.04 Å². The first-order chi connectivity index (χ1) is 9.06. The number of unbranched alkanes of at least 4 members (excludes halogenated alkanes) is 3. The van der Waals surface area contributed by atoms with E-state index >= 15 is 0 Å². The van der Waals surface area contributed by atoms with Crippen LogP contribution in [0.2, 0.25) is 0 Å². The van der Waals surface area contributed by atoms with E-state index in [2.05, 4.69) is 50.0 Å². The van der Waals surface area contributed by atoms with Crippen LogP contribution in [0.1, 0.15) is 52.9 Å². The van der Waals surface area contributed by atoms with Gasteiger partial charge < -0.3 is 15.1 Å². The van der Waals surface area contributed by atoms with Crippen molar-refractivity contribution in [2.24, 2.45) is 0 Å². The molecule has 0 saturated heterocycles. The van der Waals surface area contributed by atoms with Gasteiger partial charge >= 0.3 is 0 Å². The van der Waals surface area contributed by atoms with Crippen molar-refractivity contribution in [1.29, 1.82) is 0 Å². The third kappa shape index (κ3) is 14.1. The van der Waals surface area contributed by atoms with E-state index in [1.165, 1.54) is 64.8 Å². The van der Waals surface area contributed by atoms with Crippen molar-refractivity contribution >= 4 is 0 Å². The minimum atomic E-state index is 0.632. The standard InChI is InChI=1S/C16H37N3/c1-6-19(15-11-13-18(4)5)14-10-8-7-9-12-17-16(2)3/h16-17H,6-15H2,1-5H3. The Balaban J connectivity index is 3.35. The monoisotopic (exact) mass is 271 g/mol. The molecule has 1 N–H and O–H groups in total. The summed E-state index contributed by atoms with van der Waals surface area (Å²) in [5.41, 5.74) is 0. The molecule has 0 unspecified atom stereocenters. The predicted octanol–water partition coefficient (Wildman–Crippen LogP) is 2.82. The second-order valence-electron chi connectivity index (χ2n) is 6.11. The SMILES string of the molecule is CCN(CCCCCCNC(C)C)CCCN(C)C. The fraction of sp³-hybridized carbons (Fsp3) is 1.00. The molecule has 0 atom stereocenters. The van der Waals surface area contributed by atoms with Crippen molar-refractivity contribution in [2.75, 3.05) is 46.8 Å². The lowest BCUT2D eigenvalue weighted by Gasteiger charge is -2.21. The van der Waals surface area contributed by atoms with Crippen LogP contribution in [0.5, 0.6) is 0 Å². The summed E-state index contributed by atoms with van der Waals surface area (Å²) in [5.74, 6) is 0. The zero-order valence-electron chi connectivity index (χ0n) is 14.0. The molecule has 0 bridgehead atoms. The molecule has 0 aliphatic heterocycles. The van der Waals surface area contributed by atoms with Crippen LogP contribution in [-0.4, -0.2) is 62.7 Å². The quantitative estimate of drug-likeness (QED) is 0.520. The molecule has 0 heterocycles. The third-order valence-electron chi connectivity index (χ3n) is 3.48. The topological polar surface area (TPSA) is 18.5 Å². The zero-order chi connectivity index (χ0) is 14.5. The molecule has 0 aromatic heterocycles. The summed E-state index contributed by atoms with van der Waals surface area (Å²) in [6.07, 6.45) is 6.72. The number of rotatable bonds is 13. The van der Waals surface area contributed by atoms with E-state index in [0.717, 1.165) is 0 Å². The second kappa shape index (κ2) is 12.9. The van der Waals surface area contributed by atoms with E-state index < -0.39 is 0 Å². The third-order valence-corrected chi connectivity index (χ3v) is 3.48. The summed E-state index contributed by atoms with van der Waals surface area (Å²) in [5, 5.41) is 3.48. The molecular formula is C16H37N3. The number of nitrogens with zero attached hydrogens (tertiary/aromatic N) is 2. The second-order valence-corrected chi connectivity index (χ2v) is 6.11. The molecule has 0 saturated carbocycles. The molecule has 116 valence electrons. The van der Waals surface area contributed by atoms with Crippen LogP contribution in [0.4, 0.5) is 0 Å². The van der Waals surface area contributed by atoms with Gasteiger partial charge in [-0.2, -0.15) is 0 Å². The zero-order valence-corrected chi connectivity index (χ0v) is 14.0. The van der Waals surface area contributed by atoms with Crippen LogP contribution in [0.3, 0.4) is 0 Å². The molecule has 0 rings (SSSR count). The first-order valence-corrected chi connectivity index (χ1v) is 8.16. The normalized spacial score (nSPS) is 12.0. The van der Waals surface area contributed by atoms with Crippen LogP contribution >= 0.6 is 0 Å². The van der Waals surface area contributed by atoms with Crippen molar-refractivity contribution in [3.63, 3.8) is 0 Å². The van der Waals surface area contributed by atoms with Crippen LogP contribution in [0, 0.1) is 0 Å². The number of hydrogen-bond donors (Lipinski definition) is 1. The van der Waals surface area contributed by atoms with Crippen LogP contribution in [-0.2, 0) is 0 Å². The Hall–Kier alpha value is -0.120. The van der Waals surface area contributed by atoms with E-state index in [-0.39, 0.29) is 0 Å². The van der Waals surface area contributed by atoms with Crippen LogP contribution in [0.25, 0.3) is 0 Å². The van der Waals surface area contributed by atoms with Gasteiger partial charge in [-0.05, 0) is 66.1 Å². The summed E-state index contributed by atoms with van der Waals surface area (Å²) in [6, 6.07) is 0.632. The molecule has 0 radical (unpaired) electrons. The molecule has 0 aliphatic rings. The van der Waals surface area contributed by atoms with Gasteiger partial charge in [0.25, 0.3) is 0 Å². The number of nitrogens with one attached hydrogen (secondary N) is 1. The van der Waals surface area contributed by atoms with E-state index in [1.807, 2.05) is 0 Å². The summed E-state index contributed by atoms with van der Waals surface area (Å²) < 4.78 is 0. The largest absolute Gasteiger partial charge is 0.315 e. The molecule has 0 aromatic carbocycles. The van der Waals surface area contributed by atoms with Crippen molar-refractivity contribution < 1.29 is 0 Å². The Morgan fingerprint density at radius 1 is 0.842 bits per heavy atom. The minimum absolute atomic E-state index is 0.632. The Morgan fingerprint density at radius 2 is 1.47 bits per heavy atom. The van der Waals surface area contributed by atoms with E-state index in [4.69, 9.17) is 0 Å². The average Bonchev–Trinajstić information content (AvgIpc) is 2.34. The fourth-order valence-corrected chi connectivity index (χ4v) is 2.24. The predicted molar refractivity (Wildman–Crippen MR) is 86.9 cm³/mol. The molecule has 3 nitrogen and oxygen atoms in total. The minimum Gasteiger partial charge on any atom is -0.315 e. The number of hydrogen-bond acceptors (Lipinski definition) is 3. The maximum Gasteiger partial charge on any atom is 0.00103 e. The van der Waals surface area contributed by atoms with Crippen molar-refractivity contribution in [3.05, 3.63) is 0 Å². The molecule has 0 aliphatic carbocycles. The van der Waals surface area contributed by atoms with Gasteiger partial charge in [0, 0.05) is 6.04 Å². The van der Waals surface area contributed by atoms with Gasteiger partial charge in [0.2, 0.25) is 0 Å². The van der Waals surface area contributed by atoms with Gasteiger partial charge in [0.15, 0.2) is 0 Å². The lowest BCUT2D eigenvalue weighted by Crippen LogP contribution is -2.28. The van der Waals surface area contributed by atoms with Gasteiger partial charge in [-0.3, -0.25) is 0 Å². The molecule has 0 fully saturated rings. The molecule has 3 heteroatoms. The van der Waals surface area contributed by atoms with Gasteiger partial charge in [-0.15, -0.1) is 0 Å². The smallest absolute Gasteiger partial charge is 0.00103 e. The highest BCUT2D eigenvalue weighted by Crippen LogP contribution is 2.02. The van der Waals surface area contributed by atoms with Crippen LogP contribution in [0.15, 0.2) is 0 Å². The molecule has 0 amide bonds. The highest BCUT2D eigenvalue weighted by Gasteiger charge is 2.02. The lowest BCUT2D eigenvalue weighted by atomic mass is 10.2. The molecule has 0 aromatic rings. The van der Waals surface area contributed by atoms with Gasteiger partial charge in [0.1, 0.15) is 0 Å².